The van der Waals surface area contributed by atoms with E-state index in [2.05, 4.69) is 4.98 Å². The molecule has 0 spiro atoms. The molecule has 1 heterocycles. The lowest BCUT2D eigenvalue weighted by atomic mass is 10.1. The van der Waals surface area contributed by atoms with Gasteiger partial charge in [-0.15, -0.1) is 0 Å². The first-order valence-corrected chi connectivity index (χ1v) is 4.52. The largest absolute Gasteiger partial charge is 0.494 e. The van der Waals surface area contributed by atoms with Gasteiger partial charge in [-0.25, -0.2) is 4.98 Å². The van der Waals surface area contributed by atoms with E-state index in [1.807, 2.05) is 6.07 Å². The summed E-state index contributed by atoms with van der Waals surface area (Å²) in [5, 5.41) is 0.385. The van der Waals surface area contributed by atoms with Crippen LogP contribution in [0.2, 0.25) is 5.15 Å². The van der Waals surface area contributed by atoms with Crippen molar-refractivity contribution in [2.45, 2.75) is 18.4 Å². The van der Waals surface area contributed by atoms with Crippen LogP contribution in [0, 0.1) is 0 Å². The molecule has 1 aliphatic carbocycles. The third-order valence-corrected chi connectivity index (χ3v) is 2.67. The molecule has 0 unspecified atom stereocenters. The molecule has 13 heavy (non-hydrogen) atoms. The van der Waals surface area contributed by atoms with Gasteiger partial charge < -0.3 is 10.5 Å². The van der Waals surface area contributed by atoms with E-state index in [0.717, 1.165) is 18.4 Å². The first-order chi connectivity index (χ1) is 6.15. The van der Waals surface area contributed by atoms with Gasteiger partial charge in [0.25, 0.3) is 0 Å². The van der Waals surface area contributed by atoms with Gasteiger partial charge in [0, 0.05) is 11.7 Å². The summed E-state index contributed by atoms with van der Waals surface area (Å²) in [6.07, 6.45) is 3.75. The summed E-state index contributed by atoms with van der Waals surface area (Å²) in [5.41, 5.74) is 6.84. The minimum Gasteiger partial charge on any atom is -0.494 e. The maximum absolute atomic E-state index is 6.00. The van der Waals surface area contributed by atoms with Crippen molar-refractivity contribution in [1.29, 1.82) is 0 Å². The Kier molecular flexibility index (Phi) is 1.93. The summed E-state index contributed by atoms with van der Waals surface area (Å²) in [7, 11) is 1.57. The van der Waals surface area contributed by atoms with Crippen LogP contribution >= 0.6 is 11.6 Å². The molecule has 1 aromatic rings. The monoisotopic (exact) mass is 198 g/mol. The third-order valence-electron chi connectivity index (χ3n) is 2.39. The van der Waals surface area contributed by atoms with Crippen LogP contribution in [0.15, 0.2) is 12.3 Å². The number of aromatic nitrogens is 1. The highest BCUT2D eigenvalue weighted by Crippen LogP contribution is 2.43. The van der Waals surface area contributed by atoms with Gasteiger partial charge >= 0.3 is 0 Å². The molecule has 0 bridgehead atoms. The van der Waals surface area contributed by atoms with Crippen molar-refractivity contribution >= 4 is 11.6 Å². The van der Waals surface area contributed by atoms with Crippen LogP contribution in [0.4, 0.5) is 0 Å². The van der Waals surface area contributed by atoms with Gasteiger partial charge in [-0.2, -0.15) is 0 Å². The van der Waals surface area contributed by atoms with E-state index < -0.39 is 0 Å². The zero-order valence-corrected chi connectivity index (χ0v) is 8.14. The van der Waals surface area contributed by atoms with Crippen molar-refractivity contribution in [3.63, 3.8) is 0 Å². The quantitative estimate of drug-likeness (QED) is 0.736. The highest BCUT2D eigenvalue weighted by Gasteiger charge is 2.40. The van der Waals surface area contributed by atoms with E-state index in [-0.39, 0.29) is 5.54 Å². The first-order valence-electron chi connectivity index (χ1n) is 4.14. The maximum Gasteiger partial charge on any atom is 0.171 e. The highest BCUT2D eigenvalue weighted by molar-refractivity contribution is 6.30. The fourth-order valence-electron chi connectivity index (χ4n) is 1.27. The van der Waals surface area contributed by atoms with Gasteiger partial charge in [-0.1, -0.05) is 11.6 Å². The normalized spacial score (nSPS) is 18.4. The fourth-order valence-corrected chi connectivity index (χ4v) is 1.45. The van der Waals surface area contributed by atoms with Crippen molar-refractivity contribution in [3.05, 3.63) is 23.0 Å². The SMILES string of the molecule is COc1cc(C2(N)CC2)cnc1Cl. The zero-order chi connectivity index (χ0) is 9.47. The Hall–Kier alpha value is -0.800. The number of nitrogens with zero attached hydrogens (tertiary/aromatic N) is 1. The van der Waals surface area contributed by atoms with Crippen LogP contribution < -0.4 is 10.5 Å². The Morgan fingerprint density at radius 2 is 2.31 bits per heavy atom. The van der Waals surface area contributed by atoms with E-state index >= 15 is 0 Å². The number of ether oxygens (including phenoxy) is 1. The summed E-state index contributed by atoms with van der Waals surface area (Å²) < 4.78 is 5.06. The predicted octanol–water partition coefficient (Wildman–Crippen LogP) is 1.69. The Bertz CT molecular complexity index is 336. The molecular weight excluding hydrogens is 188 g/mol. The number of hydrogen-bond acceptors (Lipinski definition) is 3. The number of pyridine rings is 1. The molecule has 2 N–H and O–H groups in total. The third kappa shape index (κ3) is 1.49. The van der Waals surface area contributed by atoms with Gasteiger partial charge in [0.05, 0.1) is 7.11 Å². The number of rotatable bonds is 2. The lowest BCUT2D eigenvalue weighted by Gasteiger charge is -2.10. The summed E-state index contributed by atoms with van der Waals surface area (Å²) in [6, 6.07) is 1.86. The average Bonchev–Trinajstić information content (AvgIpc) is 2.86. The molecule has 0 amide bonds. The number of hydrogen-bond donors (Lipinski definition) is 1. The maximum atomic E-state index is 6.00. The lowest BCUT2D eigenvalue weighted by Crippen LogP contribution is -2.18. The van der Waals surface area contributed by atoms with Crippen LogP contribution in [-0.2, 0) is 5.54 Å². The molecule has 1 fully saturated rings. The van der Waals surface area contributed by atoms with Crippen LogP contribution in [0.25, 0.3) is 0 Å². The minimum atomic E-state index is -0.176. The molecule has 2 rings (SSSR count). The molecule has 1 aliphatic rings. The molecule has 0 aliphatic heterocycles. The fraction of sp³-hybridized carbons (Fsp3) is 0.444. The molecule has 1 aromatic heterocycles. The molecule has 70 valence electrons. The number of methoxy groups -OCH3 is 1. The van der Waals surface area contributed by atoms with Gasteiger partial charge in [0.2, 0.25) is 0 Å². The Morgan fingerprint density at radius 3 is 2.85 bits per heavy atom. The molecule has 0 atom stereocenters. The second-order valence-corrected chi connectivity index (χ2v) is 3.73. The average molecular weight is 199 g/mol. The molecule has 1 saturated carbocycles. The van der Waals surface area contributed by atoms with Crippen LogP contribution in [0.5, 0.6) is 5.75 Å². The molecular formula is C9H11ClN2O. The molecule has 0 radical (unpaired) electrons. The van der Waals surface area contributed by atoms with E-state index in [4.69, 9.17) is 22.1 Å². The van der Waals surface area contributed by atoms with Crippen molar-refractivity contribution in [1.82, 2.24) is 4.98 Å². The molecule has 0 saturated heterocycles. The zero-order valence-electron chi connectivity index (χ0n) is 7.38. The Labute approximate surface area is 81.9 Å². The van der Waals surface area contributed by atoms with E-state index in [1.165, 1.54) is 0 Å². The van der Waals surface area contributed by atoms with Crippen LogP contribution in [0.3, 0.4) is 0 Å². The van der Waals surface area contributed by atoms with Crippen molar-refractivity contribution in [3.8, 4) is 5.75 Å². The molecule has 0 aromatic carbocycles. The lowest BCUT2D eigenvalue weighted by molar-refractivity contribution is 0.412. The summed E-state index contributed by atoms with van der Waals surface area (Å²) >= 11 is 5.79. The number of nitrogens with two attached hydrogens (primary N) is 1. The highest BCUT2D eigenvalue weighted by atomic mass is 35.5. The van der Waals surface area contributed by atoms with E-state index in [9.17, 15) is 0 Å². The van der Waals surface area contributed by atoms with Gasteiger partial charge in [0.1, 0.15) is 0 Å². The van der Waals surface area contributed by atoms with Crippen molar-refractivity contribution in [2.75, 3.05) is 7.11 Å². The van der Waals surface area contributed by atoms with Gasteiger partial charge in [-0.3, -0.25) is 0 Å². The van der Waals surface area contributed by atoms with Crippen molar-refractivity contribution in [2.24, 2.45) is 5.73 Å². The minimum absolute atomic E-state index is 0.176. The van der Waals surface area contributed by atoms with E-state index in [0.29, 0.717) is 10.9 Å². The molecule has 4 heteroatoms. The standard InChI is InChI=1S/C9H11ClN2O/c1-13-7-4-6(5-12-8(7)10)9(11)2-3-9/h4-5H,2-3,11H2,1H3. The second-order valence-electron chi connectivity index (χ2n) is 3.37. The Morgan fingerprint density at radius 1 is 1.62 bits per heavy atom. The van der Waals surface area contributed by atoms with Crippen LogP contribution in [-0.4, -0.2) is 12.1 Å². The van der Waals surface area contributed by atoms with Crippen molar-refractivity contribution < 1.29 is 4.74 Å². The molecule has 3 nitrogen and oxygen atoms in total. The summed E-state index contributed by atoms with van der Waals surface area (Å²) in [4.78, 5) is 4.02. The smallest absolute Gasteiger partial charge is 0.171 e. The summed E-state index contributed by atoms with van der Waals surface area (Å²) in [6.45, 7) is 0. The topological polar surface area (TPSA) is 48.1 Å². The van der Waals surface area contributed by atoms with Gasteiger partial charge in [-0.05, 0) is 24.5 Å². The first kappa shape index (κ1) is 8.78. The Balaban J connectivity index is 2.39. The summed E-state index contributed by atoms with van der Waals surface area (Å²) in [5.74, 6) is 0.593. The van der Waals surface area contributed by atoms with E-state index in [1.54, 1.807) is 13.3 Å². The van der Waals surface area contributed by atoms with Crippen LogP contribution in [0.1, 0.15) is 18.4 Å². The second kappa shape index (κ2) is 2.86. The predicted molar refractivity (Wildman–Crippen MR) is 50.9 cm³/mol. The number of halogens is 1. The van der Waals surface area contributed by atoms with Gasteiger partial charge in [0.15, 0.2) is 10.9 Å².